The van der Waals surface area contributed by atoms with E-state index in [2.05, 4.69) is 15.6 Å². The fraction of sp³-hybridized carbons (Fsp3) is 0.294. The zero-order chi connectivity index (χ0) is 18.2. The Morgan fingerprint density at radius 1 is 1.36 bits per heavy atom. The average molecular weight is 346 g/mol. The average Bonchev–Trinajstić information content (AvgIpc) is 2.60. The van der Waals surface area contributed by atoms with E-state index in [4.69, 9.17) is 0 Å². The molecule has 1 atom stereocenters. The van der Waals surface area contributed by atoms with Crippen molar-refractivity contribution in [1.82, 2.24) is 15.6 Å². The molecule has 8 heteroatoms. The van der Waals surface area contributed by atoms with Gasteiger partial charge in [-0.25, -0.2) is 4.39 Å². The van der Waals surface area contributed by atoms with E-state index in [0.717, 1.165) is 6.20 Å². The van der Waals surface area contributed by atoms with Gasteiger partial charge in [-0.15, -0.1) is 0 Å². The fourth-order valence-electron chi connectivity index (χ4n) is 2.16. The van der Waals surface area contributed by atoms with Crippen LogP contribution in [-0.4, -0.2) is 29.4 Å². The molecule has 0 fully saturated rings. The molecule has 132 valence electrons. The minimum absolute atomic E-state index is 0.0274. The Morgan fingerprint density at radius 2 is 2.16 bits per heavy atom. The van der Waals surface area contributed by atoms with E-state index in [-0.39, 0.29) is 30.5 Å². The molecule has 2 amide bonds. The maximum absolute atomic E-state index is 12.8. The van der Waals surface area contributed by atoms with Crippen LogP contribution in [0.1, 0.15) is 29.4 Å². The predicted octanol–water partition coefficient (Wildman–Crippen LogP) is 0.721. The molecule has 0 aliphatic heterocycles. The topological polar surface area (TPSA) is 98.0 Å². The smallest absolute Gasteiger partial charge is 0.257 e. The molecule has 2 rings (SSSR count). The molecule has 0 bridgehead atoms. The van der Waals surface area contributed by atoms with Crippen molar-refractivity contribution in [1.29, 1.82) is 0 Å². The van der Waals surface area contributed by atoms with E-state index in [9.17, 15) is 19.2 Å². The van der Waals surface area contributed by atoms with Crippen LogP contribution in [0.15, 0.2) is 42.9 Å². The summed E-state index contributed by atoms with van der Waals surface area (Å²) in [5, 5.41) is 16.7. The van der Waals surface area contributed by atoms with Crippen LogP contribution in [0.2, 0.25) is 0 Å². The van der Waals surface area contributed by atoms with Crippen molar-refractivity contribution in [2.24, 2.45) is 0 Å². The maximum atomic E-state index is 12.8. The number of hydrogen-bond donors (Lipinski definition) is 2. The van der Waals surface area contributed by atoms with E-state index in [1.54, 1.807) is 0 Å². The molecule has 0 aromatic carbocycles. The first-order valence-corrected chi connectivity index (χ1v) is 7.84. The molecule has 2 heterocycles. The molecule has 2 aromatic rings. The van der Waals surface area contributed by atoms with Crippen molar-refractivity contribution in [3.05, 3.63) is 65.1 Å². The van der Waals surface area contributed by atoms with Crippen molar-refractivity contribution >= 4 is 11.8 Å². The largest absolute Gasteiger partial charge is 0.619 e. The molecule has 7 nitrogen and oxygen atoms in total. The first-order valence-electron chi connectivity index (χ1n) is 7.84. The SMILES string of the molecule is CC[C@H](CNC(=O)c1ccc[n+]([O-])c1)NC(=O)Cc1ccc(F)cn1. The molecule has 0 unspecified atom stereocenters. The molecule has 0 radical (unpaired) electrons. The van der Waals surface area contributed by atoms with Gasteiger partial charge in [-0.3, -0.25) is 14.6 Å². The summed E-state index contributed by atoms with van der Waals surface area (Å²) >= 11 is 0. The minimum atomic E-state index is -0.460. The van der Waals surface area contributed by atoms with Crippen LogP contribution >= 0.6 is 0 Å². The van der Waals surface area contributed by atoms with Gasteiger partial charge in [0, 0.05) is 24.3 Å². The zero-order valence-electron chi connectivity index (χ0n) is 13.7. The van der Waals surface area contributed by atoms with E-state index < -0.39 is 11.7 Å². The van der Waals surface area contributed by atoms with Crippen LogP contribution in [-0.2, 0) is 11.2 Å². The molecule has 0 saturated heterocycles. The van der Waals surface area contributed by atoms with Gasteiger partial charge in [0.1, 0.15) is 11.4 Å². The highest BCUT2D eigenvalue weighted by atomic mass is 19.1. The van der Waals surface area contributed by atoms with Crippen LogP contribution in [0, 0.1) is 11.0 Å². The third kappa shape index (κ3) is 5.83. The Bertz CT molecular complexity index is 737. The monoisotopic (exact) mass is 346 g/mol. The number of carbonyl (C=O) groups excluding carboxylic acids is 2. The van der Waals surface area contributed by atoms with Gasteiger partial charge in [-0.1, -0.05) is 6.92 Å². The lowest BCUT2D eigenvalue weighted by Crippen LogP contribution is -2.44. The lowest BCUT2D eigenvalue weighted by Gasteiger charge is -2.17. The highest BCUT2D eigenvalue weighted by Crippen LogP contribution is 2.00. The van der Waals surface area contributed by atoms with E-state index in [0.29, 0.717) is 16.8 Å². The highest BCUT2D eigenvalue weighted by molar-refractivity contribution is 5.93. The standard InChI is InChI=1S/C17H19FN4O3/c1-2-14(10-20-17(24)12-4-3-7-22(25)11-12)21-16(23)8-15-6-5-13(18)9-19-15/h3-7,9,11,14H,2,8,10H2,1H3,(H,20,24)(H,21,23)/t14-/m1/s1. The third-order valence-corrected chi connectivity index (χ3v) is 3.53. The zero-order valence-corrected chi connectivity index (χ0v) is 13.7. The van der Waals surface area contributed by atoms with E-state index in [1.165, 1.54) is 36.7 Å². The molecule has 0 spiro atoms. The Hall–Kier alpha value is -3.03. The van der Waals surface area contributed by atoms with Crippen molar-refractivity contribution in [2.45, 2.75) is 25.8 Å². The molecular weight excluding hydrogens is 327 g/mol. The summed E-state index contributed by atoms with van der Waals surface area (Å²) in [6, 6.07) is 5.45. The number of pyridine rings is 2. The van der Waals surface area contributed by atoms with Gasteiger partial charge in [-0.2, -0.15) is 4.73 Å². The van der Waals surface area contributed by atoms with Crippen LogP contribution in [0.5, 0.6) is 0 Å². The number of amides is 2. The van der Waals surface area contributed by atoms with Gasteiger partial charge < -0.3 is 15.8 Å². The lowest BCUT2D eigenvalue weighted by molar-refractivity contribution is -0.605. The highest BCUT2D eigenvalue weighted by Gasteiger charge is 2.14. The molecule has 0 aliphatic carbocycles. The molecule has 25 heavy (non-hydrogen) atoms. The Labute approximate surface area is 144 Å². The van der Waals surface area contributed by atoms with Gasteiger partial charge in [0.2, 0.25) is 5.91 Å². The van der Waals surface area contributed by atoms with Crippen molar-refractivity contribution in [3.8, 4) is 0 Å². The van der Waals surface area contributed by atoms with E-state index in [1.807, 2.05) is 6.92 Å². The number of halogens is 1. The van der Waals surface area contributed by atoms with Gasteiger partial charge in [0.05, 0.1) is 12.6 Å². The summed E-state index contributed by atoms with van der Waals surface area (Å²) in [5.41, 5.74) is 0.705. The molecule has 2 aromatic heterocycles. The molecule has 0 aliphatic rings. The molecule has 0 saturated carbocycles. The van der Waals surface area contributed by atoms with Gasteiger partial charge in [0.15, 0.2) is 12.4 Å². The number of rotatable bonds is 7. The van der Waals surface area contributed by atoms with Crippen LogP contribution < -0.4 is 15.4 Å². The van der Waals surface area contributed by atoms with Crippen molar-refractivity contribution < 1.29 is 18.7 Å². The summed E-state index contributed by atoms with van der Waals surface area (Å²) in [6.45, 7) is 2.10. The van der Waals surface area contributed by atoms with Crippen LogP contribution in [0.3, 0.4) is 0 Å². The third-order valence-electron chi connectivity index (χ3n) is 3.53. The second-order valence-corrected chi connectivity index (χ2v) is 5.48. The Kier molecular flexibility index (Phi) is 6.39. The number of hydrogen-bond acceptors (Lipinski definition) is 4. The molecular formula is C17H19FN4O3. The van der Waals surface area contributed by atoms with Crippen LogP contribution in [0.4, 0.5) is 4.39 Å². The summed E-state index contributed by atoms with van der Waals surface area (Å²) in [4.78, 5) is 27.9. The predicted molar refractivity (Wildman–Crippen MR) is 87.9 cm³/mol. The second-order valence-electron chi connectivity index (χ2n) is 5.48. The minimum Gasteiger partial charge on any atom is -0.619 e. The van der Waals surface area contributed by atoms with Crippen LogP contribution in [0.25, 0.3) is 0 Å². The summed E-state index contributed by atoms with van der Waals surface area (Å²) < 4.78 is 13.4. The Balaban J connectivity index is 1.84. The number of nitrogens with zero attached hydrogens (tertiary/aromatic N) is 2. The second kappa shape index (κ2) is 8.72. The first-order chi connectivity index (χ1) is 12.0. The summed E-state index contributed by atoms with van der Waals surface area (Å²) in [5.74, 6) is -1.12. The maximum Gasteiger partial charge on any atom is 0.257 e. The normalized spacial score (nSPS) is 11.6. The fourth-order valence-corrected chi connectivity index (χ4v) is 2.16. The van der Waals surface area contributed by atoms with Gasteiger partial charge in [-0.05, 0) is 24.6 Å². The first kappa shape index (κ1) is 18.3. The lowest BCUT2D eigenvalue weighted by atomic mass is 10.2. The number of aromatic nitrogens is 2. The number of nitrogens with one attached hydrogen (secondary N) is 2. The summed E-state index contributed by atoms with van der Waals surface area (Å²) in [6.07, 6.45) is 4.16. The molecule has 2 N–H and O–H groups in total. The van der Waals surface area contributed by atoms with Gasteiger partial charge >= 0.3 is 0 Å². The Morgan fingerprint density at radius 3 is 2.80 bits per heavy atom. The quantitative estimate of drug-likeness (QED) is 0.570. The van der Waals surface area contributed by atoms with Crippen molar-refractivity contribution in [2.75, 3.05) is 6.54 Å². The number of carbonyl (C=O) groups is 2. The van der Waals surface area contributed by atoms with E-state index >= 15 is 0 Å². The summed E-state index contributed by atoms with van der Waals surface area (Å²) in [7, 11) is 0. The van der Waals surface area contributed by atoms with Crippen molar-refractivity contribution in [3.63, 3.8) is 0 Å². The van der Waals surface area contributed by atoms with Gasteiger partial charge in [0.25, 0.3) is 5.91 Å².